The fourth-order valence-corrected chi connectivity index (χ4v) is 6.05. The number of hydrogen-bond donors (Lipinski definition) is 1. The largest absolute Gasteiger partial charge is 0.507 e. The minimum Gasteiger partial charge on any atom is -0.507 e. The summed E-state index contributed by atoms with van der Waals surface area (Å²) in [5.74, 6) is 0.218. The molecule has 0 bridgehead atoms. The Hall–Kier alpha value is -2.79. The average Bonchev–Trinajstić information content (AvgIpc) is 2.81. The second kappa shape index (κ2) is 11.0. The molecule has 4 nitrogen and oxygen atoms in total. The quantitative estimate of drug-likeness (QED) is 0.300. The first-order valence-electron chi connectivity index (χ1n) is 14.9. The van der Waals surface area contributed by atoms with Gasteiger partial charge < -0.3 is 9.29 Å². The van der Waals surface area contributed by atoms with Crippen molar-refractivity contribution in [3.8, 4) is 11.5 Å². The van der Waals surface area contributed by atoms with Crippen molar-refractivity contribution in [3.63, 3.8) is 0 Å². The van der Waals surface area contributed by atoms with E-state index in [-0.39, 0.29) is 32.8 Å². The van der Waals surface area contributed by atoms with Crippen LogP contribution in [0.4, 0.5) is 0 Å². The van der Waals surface area contributed by atoms with Gasteiger partial charge in [-0.1, -0.05) is 132 Å². The number of aryl methyl sites for hydroxylation is 1. The van der Waals surface area contributed by atoms with Gasteiger partial charge in [0.1, 0.15) is 10.6 Å². The number of benzene rings is 3. The van der Waals surface area contributed by atoms with Crippen molar-refractivity contribution in [2.45, 2.75) is 129 Å². The first-order chi connectivity index (χ1) is 18.8. The average molecular weight is 593 g/mol. The summed E-state index contributed by atoms with van der Waals surface area (Å²) in [6, 6.07) is 15.1. The maximum Gasteiger partial charge on any atom is 0.339 e. The molecule has 1 atom stereocenters. The van der Waals surface area contributed by atoms with Gasteiger partial charge in [-0.05, 0) is 57.4 Å². The summed E-state index contributed by atoms with van der Waals surface area (Å²) < 4.78 is 33.7. The highest BCUT2D eigenvalue weighted by Crippen LogP contribution is 2.47. The molecule has 0 aliphatic carbocycles. The molecule has 0 spiro atoms. The molecule has 3 rings (SSSR count). The van der Waals surface area contributed by atoms with Crippen molar-refractivity contribution in [3.05, 3.63) is 87.5 Å². The molecular formula is C37H52O4S. The van der Waals surface area contributed by atoms with E-state index in [1.807, 2.05) is 13.8 Å². The van der Waals surface area contributed by atoms with Gasteiger partial charge >= 0.3 is 10.1 Å². The van der Waals surface area contributed by atoms with Crippen LogP contribution in [0.5, 0.6) is 11.5 Å². The normalized spacial score (nSPS) is 14.1. The van der Waals surface area contributed by atoms with Gasteiger partial charge in [-0.15, -0.1) is 0 Å². The van der Waals surface area contributed by atoms with Crippen LogP contribution in [0.1, 0.15) is 135 Å². The van der Waals surface area contributed by atoms with Gasteiger partial charge in [-0.2, -0.15) is 8.42 Å². The zero-order valence-electron chi connectivity index (χ0n) is 28.3. The van der Waals surface area contributed by atoms with Crippen LogP contribution >= 0.6 is 0 Å². The van der Waals surface area contributed by atoms with E-state index in [4.69, 9.17) is 4.18 Å². The maximum atomic E-state index is 13.8. The summed E-state index contributed by atoms with van der Waals surface area (Å²) in [4.78, 5) is 0.110. The van der Waals surface area contributed by atoms with Crippen LogP contribution in [-0.2, 0) is 31.8 Å². The molecule has 0 saturated heterocycles. The molecule has 0 heterocycles. The smallest absolute Gasteiger partial charge is 0.339 e. The van der Waals surface area contributed by atoms with E-state index in [2.05, 4.69) is 107 Å². The second-order valence-corrected chi connectivity index (χ2v) is 17.5. The van der Waals surface area contributed by atoms with Crippen molar-refractivity contribution in [2.75, 3.05) is 0 Å². The molecule has 0 radical (unpaired) electrons. The van der Waals surface area contributed by atoms with Crippen molar-refractivity contribution >= 4 is 10.1 Å². The van der Waals surface area contributed by atoms with Gasteiger partial charge in [-0.25, -0.2) is 0 Å². The van der Waals surface area contributed by atoms with Crippen molar-refractivity contribution in [2.24, 2.45) is 0 Å². The Morgan fingerprint density at radius 1 is 0.643 bits per heavy atom. The second-order valence-electron chi connectivity index (χ2n) is 16.0. The molecule has 0 amide bonds. The fraction of sp³-hybridized carbons (Fsp3) is 0.514. The molecule has 5 heteroatoms. The maximum absolute atomic E-state index is 13.8. The first kappa shape index (κ1) is 33.7. The van der Waals surface area contributed by atoms with Crippen LogP contribution in [0.15, 0.2) is 53.4 Å². The predicted molar refractivity (Wildman–Crippen MR) is 176 cm³/mol. The van der Waals surface area contributed by atoms with Crippen LogP contribution in [-0.4, -0.2) is 13.5 Å². The van der Waals surface area contributed by atoms with Gasteiger partial charge in [0.25, 0.3) is 0 Å². The van der Waals surface area contributed by atoms with Crippen LogP contribution in [0.3, 0.4) is 0 Å². The Morgan fingerprint density at radius 2 is 1.07 bits per heavy atom. The lowest BCUT2D eigenvalue weighted by molar-refractivity contribution is 0.435. The minimum absolute atomic E-state index is 0.110. The van der Waals surface area contributed by atoms with E-state index in [1.54, 1.807) is 24.3 Å². The molecule has 42 heavy (non-hydrogen) atoms. The minimum atomic E-state index is -4.13. The van der Waals surface area contributed by atoms with Crippen LogP contribution in [0, 0.1) is 6.92 Å². The fourth-order valence-electron chi connectivity index (χ4n) is 5.08. The van der Waals surface area contributed by atoms with Gasteiger partial charge in [0, 0.05) is 22.6 Å². The molecule has 3 aromatic carbocycles. The molecule has 0 fully saturated rings. The van der Waals surface area contributed by atoms with E-state index in [1.165, 1.54) is 0 Å². The van der Waals surface area contributed by atoms with Crippen LogP contribution < -0.4 is 4.18 Å². The van der Waals surface area contributed by atoms with Gasteiger partial charge in [-0.3, -0.25) is 0 Å². The summed E-state index contributed by atoms with van der Waals surface area (Å²) in [5.41, 5.74) is 5.29. The third-order valence-electron chi connectivity index (χ3n) is 8.04. The van der Waals surface area contributed by atoms with E-state index in [9.17, 15) is 13.5 Å². The van der Waals surface area contributed by atoms with E-state index < -0.39 is 15.5 Å². The van der Waals surface area contributed by atoms with Gasteiger partial charge in [0.05, 0.1) is 0 Å². The topological polar surface area (TPSA) is 63.6 Å². The molecule has 0 aliphatic heterocycles. The van der Waals surface area contributed by atoms with E-state index >= 15 is 0 Å². The van der Waals surface area contributed by atoms with Gasteiger partial charge in [0.15, 0.2) is 5.75 Å². The molecule has 1 unspecified atom stereocenters. The highest BCUT2D eigenvalue weighted by molar-refractivity contribution is 7.87. The predicted octanol–water partition coefficient (Wildman–Crippen LogP) is 9.81. The van der Waals surface area contributed by atoms with E-state index in [0.717, 1.165) is 38.9 Å². The zero-order valence-corrected chi connectivity index (χ0v) is 29.1. The third kappa shape index (κ3) is 7.22. The van der Waals surface area contributed by atoms with Crippen molar-refractivity contribution in [1.82, 2.24) is 0 Å². The molecule has 230 valence electrons. The number of hydrogen-bond acceptors (Lipinski definition) is 4. The lowest BCUT2D eigenvalue weighted by atomic mass is 9.74. The Bertz CT molecular complexity index is 1550. The highest BCUT2D eigenvalue weighted by Gasteiger charge is 2.33. The molecule has 0 aliphatic rings. The number of phenolic OH excluding ortho intramolecular Hbond substituents is 1. The highest BCUT2D eigenvalue weighted by atomic mass is 32.2. The molecular weight excluding hydrogens is 540 g/mol. The molecule has 0 aromatic heterocycles. The lowest BCUT2D eigenvalue weighted by Gasteiger charge is -2.32. The molecule has 3 aromatic rings. The third-order valence-corrected chi connectivity index (χ3v) is 9.28. The van der Waals surface area contributed by atoms with Crippen molar-refractivity contribution < 1.29 is 17.7 Å². The summed E-state index contributed by atoms with van der Waals surface area (Å²) in [6.07, 6.45) is 0. The summed E-state index contributed by atoms with van der Waals surface area (Å²) >= 11 is 0. The number of aromatic hydroxyl groups is 1. The number of phenols is 1. The lowest BCUT2D eigenvalue weighted by Crippen LogP contribution is -2.22. The van der Waals surface area contributed by atoms with Crippen LogP contribution in [0.25, 0.3) is 0 Å². The Morgan fingerprint density at radius 3 is 1.50 bits per heavy atom. The summed E-state index contributed by atoms with van der Waals surface area (Å²) in [5, 5.41) is 11.8. The Balaban J connectivity index is 2.44. The van der Waals surface area contributed by atoms with Crippen molar-refractivity contribution in [1.29, 1.82) is 0 Å². The Kier molecular flexibility index (Phi) is 8.86. The monoisotopic (exact) mass is 592 g/mol. The Labute approximate surface area is 255 Å². The standard InChI is InChI=1S/C37H52O4S/c1-23-15-17-27(18-16-23)42(39,40)41-33-29(20-26(35(6,7)8)22-31(33)37(12,13)14)24(2)28-19-25(34(3,4)5)21-30(32(28)38)36(9,10)11/h15-22,24,38H,1-14H3. The first-order valence-corrected chi connectivity index (χ1v) is 16.3. The van der Waals surface area contributed by atoms with E-state index in [0.29, 0.717) is 5.75 Å². The summed E-state index contributed by atoms with van der Waals surface area (Å²) in [7, 11) is -4.13. The number of rotatable bonds is 5. The SMILES string of the molecule is Cc1ccc(S(=O)(=O)Oc2c(C(C)c3cc(C(C)(C)C)cc(C(C)(C)C)c3O)cc(C(C)(C)C)cc2C(C)(C)C)cc1. The zero-order chi connectivity index (χ0) is 32.2. The van der Waals surface area contributed by atoms with Crippen LogP contribution in [0.2, 0.25) is 0 Å². The molecule has 0 saturated carbocycles. The molecule has 1 N–H and O–H groups in total. The van der Waals surface area contributed by atoms with Gasteiger partial charge in [0.2, 0.25) is 0 Å². The summed E-state index contributed by atoms with van der Waals surface area (Å²) in [6.45, 7) is 29.4.